The number of aliphatic carboxylic acids is 1. The summed E-state index contributed by atoms with van der Waals surface area (Å²) in [6.45, 7) is 2.85. The molecule has 2 N–H and O–H groups in total. The van der Waals surface area contributed by atoms with Gasteiger partial charge in [0.2, 0.25) is 0 Å². The summed E-state index contributed by atoms with van der Waals surface area (Å²) in [5.74, 6) is -0.958. The Labute approximate surface area is 145 Å². The second-order valence-corrected chi connectivity index (χ2v) is 6.15. The number of rotatable bonds is 6. The molecule has 1 heterocycles. The van der Waals surface area contributed by atoms with Gasteiger partial charge in [0, 0.05) is 30.1 Å². The number of benzene rings is 2. The molecule has 24 heavy (non-hydrogen) atoms. The summed E-state index contributed by atoms with van der Waals surface area (Å²) >= 11 is 5.58. The summed E-state index contributed by atoms with van der Waals surface area (Å²) in [5, 5.41) is 10.3. The molecule has 4 nitrogen and oxygen atoms in total. The van der Waals surface area contributed by atoms with Crippen molar-refractivity contribution in [2.75, 3.05) is 0 Å². The third-order valence-electron chi connectivity index (χ3n) is 4.33. The number of aryl methyl sites for hydroxylation is 1. The van der Waals surface area contributed by atoms with Crippen LogP contribution >= 0.6 is 11.8 Å². The van der Waals surface area contributed by atoms with Crippen molar-refractivity contribution in [1.82, 2.24) is 9.40 Å². The van der Waals surface area contributed by atoms with E-state index >= 15 is 0 Å². The molecule has 5 heteroatoms. The Balaban J connectivity index is 2.00. The summed E-state index contributed by atoms with van der Waals surface area (Å²) in [5.41, 5.74) is 4.55. The first-order chi connectivity index (χ1) is 11.6. The van der Waals surface area contributed by atoms with Gasteiger partial charge in [0.15, 0.2) is 0 Å². The van der Waals surface area contributed by atoms with E-state index in [9.17, 15) is 9.90 Å². The zero-order valence-corrected chi connectivity index (χ0v) is 14.1. The molecule has 3 rings (SSSR count). The monoisotopic (exact) mass is 342 g/mol. The molecular formula is C19H19ClN2O2. The first-order valence-corrected chi connectivity index (χ1v) is 8.18. The van der Waals surface area contributed by atoms with E-state index in [0.717, 1.165) is 23.0 Å². The number of hydrogen-bond acceptors (Lipinski definition) is 2. The Bertz CT molecular complexity index is 873. The third kappa shape index (κ3) is 3.30. The Hall–Kier alpha value is -2.30. The van der Waals surface area contributed by atoms with Crippen LogP contribution in [-0.2, 0) is 17.8 Å². The first kappa shape index (κ1) is 16.6. The molecule has 0 spiro atoms. The minimum absolute atomic E-state index is 0.333. The van der Waals surface area contributed by atoms with E-state index in [1.165, 1.54) is 11.1 Å². The maximum atomic E-state index is 11.3. The second-order valence-electron chi connectivity index (χ2n) is 5.93. The fourth-order valence-corrected chi connectivity index (χ4v) is 3.15. The van der Waals surface area contributed by atoms with Gasteiger partial charge in [-0.2, -0.15) is 0 Å². The summed E-state index contributed by atoms with van der Waals surface area (Å²) in [6, 6.07) is 15.5. The Morgan fingerprint density at radius 1 is 1.17 bits per heavy atom. The zero-order chi connectivity index (χ0) is 17.1. The fourth-order valence-electron chi connectivity index (χ4n) is 2.98. The van der Waals surface area contributed by atoms with Gasteiger partial charge in [-0.3, -0.25) is 4.79 Å². The molecule has 0 aliphatic heterocycles. The van der Waals surface area contributed by atoms with Crippen molar-refractivity contribution in [3.63, 3.8) is 0 Å². The van der Waals surface area contributed by atoms with Gasteiger partial charge in [0.05, 0.1) is 0 Å². The lowest BCUT2D eigenvalue weighted by atomic mass is 10.1. The van der Waals surface area contributed by atoms with E-state index in [1.54, 1.807) is 0 Å². The first-order valence-electron chi connectivity index (χ1n) is 7.80. The molecule has 0 amide bonds. The van der Waals surface area contributed by atoms with Gasteiger partial charge in [-0.25, -0.2) is 4.84 Å². The number of carbonyl (C=O) groups is 1. The molecule has 124 valence electrons. The molecule has 0 saturated heterocycles. The van der Waals surface area contributed by atoms with Gasteiger partial charge in [0.1, 0.15) is 6.04 Å². The maximum absolute atomic E-state index is 11.3. The molecule has 3 aromatic rings. The Kier molecular flexibility index (Phi) is 4.88. The minimum atomic E-state index is -0.958. The average Bonchev–Trinajstić information content (AvgIpc) is 2.92. The second kappa shape index (κ2) is 7.07. The number of carboxylic acids is 1. The number of para-hydroxylation sites is 1. The number of aromatic nitrogens is 1. The van der Waals surface area contributed by atoms with E-state index in [2.05, 4.69) is 34.5 Å². The number of carboxylic acid groups (broad SMARTS) is 1. The number of hydrogen-bond donors (Lipinski definition) is 2. The van der Waals surface area contributed by atoms with Crippen LogP contribution in [0.25, 0.3) is 10.9 Å². The van der Waals surface area contributed by atoms with E-state index in [1.807, 2.05) is 36.5 Å². The quantitative estimate of drug-likeness (QED) is 0.671. The zero-order valence-electron chi connectivity index (χ0n) is 13.4. The topological polar surface area (TPSA) is 54.3 Å². The molecule has 0 radical (unpaired) electrons. The molecule has 1 atom stereocenters. The number of halogens is 1. The molecule has 0 aliphatic carbocycles. The number of nitrogens with zero attached hydrogens (tertiary/aromatic N) is 1. The molecule has 0 saturated carbocycles. The average molecular weight is 343 g/mol. The van der Waals surface area contributed by atoms with Crippen LogP contribution < -0.4 is 4.84 Å². The van der Waals surface area contributed by atoms with E-state index in [-0.39, 0.29) is 0 Å². The van der Waals surface area contributed by atoms with Gasteiger partial charge < -0.3 is 9.67 Å². The number of nitrogens with one attached hydrogen (secondary N) is 1. The Morgan fingerprint density at radius 2 is 1.88 bits per heavy atom. The lowest BCUT2D eigenvalue weighted by molar-refractivity contribution is -0.138. The summed E-state index contributed by atoms with van der Waals surface area (Å²) in [6.07, 6.45) is 2.36. The predicted molar refractivity (Wildman–Crippen MR) is 96.3 cm³/mol. The van der Waals surface area contributed by atoms with Crippen LogP contribution in [0, 0.1) is 6.92 Å². The van der Waals surface area contributed by atoms with Gasteiger partial charge in [0.25, 0.3) is 0 Å². The smallest absolute Gasteiger partial charge is 0.322 e. The van der Waals surface area contributed by atoms with Crippen molar-refractivity contribution in [3.05, 3.63) is 71.4 Å². The van der Waals surface area contributed by atoms with E-state index < -0.39 is 12.0 Å². The highest BCUT2D eigenvalue weighted by Gasteiger charge is 2.19. The largest absolute Gasteiger partial charge is 0.480 e. The van der Waals surface area contributed by atoms with Gasteiger partial charge >= 0.3 is 5.97 Å². The lowest BCUT2D eigenvalue weighted by Gasteiger charge is -2.09. The molecule has 1 aromatic heterocycles. The standard InChI is InChI=1S/C19H19ClN2O2/c1-13-6-2-3-7-14(13)11-22-12-15(10-17(21-20)19(23)24)16-8-4-5-9-18(16)22/h2-9,12,17,21H,10-11H2,1H3,(H,23,24)/t17-/m0/s1. The molecule has 0 fully saturated rings. The van der Waals surface area contributed by atoms with Crippen molar-refractivity contribution in [3.8, 4) is 0 Å². The van der Waals surface area contributed by atoms with Gasteiger partial charge in [-0.15, -0.1) is 0 Å². The van der Waals surface area contributed by atoms with Crippen LogP contribution in [0.1, 0.15) is 16.7 Å². The summed E-state index contributed by atoms with van der Waals surface area (Å²) < 4.78 is 2.17. The van der Waals surface area contributed by atoms with Crippen LogP contribution in [0.15, 0.2) is 54.7 Å². The lowest BCUT2D eigenvalue weighted by Crippen LogP contribution is -2.32. The van der Waals surface area contributed by atoms with Crippen LogP contribution in [-0.4, -0.2) is 21.7 Å². The van der Waals surface area contributed by atoms with Crippen molar-refractivity contribution in [1.29, 1.82) is 0 Å². The van der Waals surface area contributed by atoms with Crippen molar-refractivity contribution in [2.24, 2.45) is 0 Å². The van der Waals surface area contributed by atoms with Crippen molar-refractivity contribution >= 4 is 28.6 Å². The van der Waals surface area contributed by atoms with E-state index in [4.69, 9.17) is 11.8 Å². The molecule has 0 aliphatic rings. The highest BCUT2D eigenvalue weighted by molar-refractivity contribution is 6.14. The molecule has 0 bridgehead atoms. The van der Waals surface area contributed by atoms with Crippen LogP contribution in [0.5, 0.6) is 0 Å². The summed E-state index contributed by atoms with van der Waals surface area (Å²) in [4.78, 5) is 13.6. The van der Waals surface area contributed by atoms with Crippen LogP contribution in [0.2, 0.25) is 0 Å². The Morgan fingerprint density at radius 3 is 2.58 bits per heavy atom. The number of fused-ring (bicyclic) bond motifs is 1. The maximum Gasteiger partial charge on any atom is 0.322 e. The fraction of sp³-hybridized carbons (Fsp3) is 0.211. The van der Waals surface area contributed by atoms with Crippen LogP contribution in [0.3, 0.4) is 0 Å². The molecular weight excluding hydrogens is 324 g/mol. The van der Waals surface area contributed by atoms with Gasteiger partial charge in [-0.1, -0.05) is 42.5 Å². The minimum Gasteiger partial charge on any atom is -0.480 e. The van der Waals surface area contributed by atoms with Crippen LogP contribution in [0.4, 0.5) is 0 Å². The SMILES string of the molecule is Cc1ccccc1Cn1cc(C[C@H](NCl)C(=O)O)c2ccccc21. The normalized spacial score (nSPS) is 12.4. The highest BCUT2D eigenvalue weighted by atomic mass is 35.5. The molecule has 0 unspecified atom stereocenters. The van der Waals surface area contributed by atoms with Crippen molar-refractivity contribution in [2.45, 2.75) is 25.9 Å². The predicted octanol–water partition coefficient (Wildman–Crippen LogP) is 3.74. The van der Waals surface area contributed by atoms with Crippen molar-refractivity contribution < 1.29 is 9.90 Å². The van der Waals surface area contributed by atoms with E-state index in [0.29, 0.717) is 6.42 Å². The molecule has 2 aromatic carbocycles. The van der Waals surface area contributed by atoms with Gasteiger partial charge in [-0.05, 0) is 41.5 Å². The highest BCUT2D eigenvalue weighted by Crippen LogP contribution is 2.24. The summed E-state index contributed by atoms with van der Waals surface area (Å²) in [7, 11) is 0. The third-order valence-corrected chi connectivity index (χ3v) is 4.59.